The van der Waals surface area contributed by atoms with Gasteiger partial charge < -0.3 is 0 Å². The molecule has 0 bridgehead atoms. The number of hydrogen-bond donors (Lipinski definition) is 0. The van der Waals surface area contributed by atoms with Gasteiger partial charge in [-0.2, -0.15) is 0 Å². The van der Waals surface area contributed by atoms with Crippen molar-refractivity contribution in [2.45, 2.75) is 9.79 Å². The first-order chi connectivity index (χ1) is 14.3. The summed E-state index contributed by atoms with van der Waals surface area (Å²) in [5, 5.41) is 2.48. The van der Waals surface area contributed by atoms with Crippen LogP contribution in [0.25, 0.3) is 33.5 Å². The van der Waals surface area contributed by atoms with Crippen LogP contribution in [0.5, 0.6) is 0 Å². The minimum Gasteiger partial charge on any atom is -0.255 e. The molecule has 0 aliphatic carbocycles. The predicted molar refractivity (Wildman–Crippen MR) is 119 cm³/mol. The molecular formula is C25H17N3S. The summed E-state index contributed by atoms with van der Waals surface area (Å²) in [5.74, 6) is 0. The molecule has 0 fully saturated rings. The highest BCUT2D eigenvalue weighted by Gasteiger charge is 2.10. The molecule has 0 aliphatic rings. The van der Waals surface area contributed by atoms with E-state index in [4.69, 9.17) is 4.98 Å². The molecule has 5 aromatic rings. The summed E-state index contributed by atoms with van der Waals surface area (Å²) < 4.78 is 0. The van der Waals surface area contributed by atoms with Crippen LogP contribution in [0.3, 0.4) is 0 Å². The van der Waals surface area contributed by atoms with Crippen LogP contribution in [-0.4, -0.2) is 15.0 Å². The number of aromatic nitrogens is 3. The van der Waals surface area contributed by atoms with Gasteiger partial charge in [-0.15, -0.1) is 0 Å². The zero-order chi connectivity index (χ0) is 19.5. The average molecular weight is 391 g/mol. The first-order valence-electron chi connectivity index (χ1n) is 9.37. The maximum absolute atomic E-state index is 4.83. The van der Waals surface area contributed by atoms with Gasteiger partial charge in [0.1, 0.15) is 0 Å². The van der Waals surface area contributed by atoms with Crippen molar-refractivity contribution in [2.75, 3.05) is 0 Å². The fourth-order valence-electron chi connectivity index (χ4n) is 3.22. The standard InChI is InChI=1S/C25H17N3S/c1-2-8-19-15-20(12-11-18(19)7-1)29-21-16-24(22-9-3-5-13-26-22)28-25(17-21)23-10-4-6-14-27-23/h1-17H. The fourth-order valence-corrected chi connectivity index (χ4v) is 4.16. The van der Waals surface area contributed by atoms with Crippen LogP contribution in [0.15, 0.2) is 113 Å². The van der Waals surface area contributed by atoms with Gasteiger partial charge >= 0.3 is 0 Å². The van der Waals surface area contributed by atoms with E-state index in [-0.39, 0.29) is 0 Å². The maximum Gasteiger partial charge on any atom is 0.0905 e. The highest BCUT2D eigenvalue weighted by Crippen LogP contribution is 2.34. The number of fused-ring (bicyclic) bond motifs is 1. The minimum atomic E-state index is 0.844. The molecule has 3 heterocycles. The lowest BCUT2D eigenvalue weighted by molar-refractivity contribution is 1.19. The Kier molecular flexibility index (Phi) is 4.76. The van der Waals surface area contributed by atoms with E-state index in [2.05, 4.69) is 64.6 Å². The molecule has 0 unspecified atom stereocenters. The van der Waals surface area contributed by atoms with Gasteiger partial charge in [-0.3, -0.25) is 9.97 Å². The van der Waals surface area contributed by atoms with Crippen molar-refractivity contribution in [3.05, 3.63) is 103 Å². The number of pyridine rings is 3. The quantitative estimate of drug-likeness (QED) is 0.350. The van der Waals surface area contributed by atoms with Crippen LogP contribution in [-0.2, 0) is 0 Å². The molecule has 138 valence electrons. The van der Waals surface area contributed by atoms with Gasteiger partial charge in [0.05, 0.1) is 22.8 Å². The van der Waals surface area contributed by atoms with Crippen LogP contribution >= 0.6 is 11.8 Å². The molecule has 0 N–H and O–H groups in total. The molecule has 0 radical (unpaired) electrons. The van der Waals surface area contributed by atoms with Gasteiger partial charge in [0.25, 0.3) is 0 Å². The van der Waals surface area contributed by atoms with Crippen molar-refractivity contribution in [3.8, 4) is 22.8 Å². The Bertz CT molecular complexity index is 1210. The summed E-state index contributed by atoms with van der Waals surface area (Å²) in [4.78, 5) is 16.1. The van der Waals surface area contributed by atoms with Crippen molar-refractivity contribution in [1.82, 2.24) is 15.0 Å². The second-order valence-electron chi connectivity index (χ2n) is 6.61. The smallest absolute Gasteiger partial charge is 0.0905 e. The summed E-state index contributed by atoms with van der Waals surface area (Å²) in [6.45, 7) is 0. The van der Waals surface area contributed by atoms with E-state index in [1.54, 1.807) is 24.2 Å². The monoisotopic (exact) mass is 391 g/mol. The van der Waals surface area contributed by atoms with Crippen LogP contribution in [0, 0.1) is 0 Å². The summed E-state index contributed by atoms with van der Waals surface area (Å²) in [7, 11) is 0. The van der Waals surface area contributed by atoms with Gasteiger partial charge in [-0.1, -0.05) is 54.2 Å². The molecule has 0 amide bonds. The zero-order valence-corrected chi connectivity index (χ0v) is 16.4. The molecule has 0 spiro atoms. The minimum absolute atomic E-state index is 0.844. The van der Waals surface area contributed by atoms with E-state index in [1.807, 2.05) is 36.4 Å². The normalized spacial score (nSPS) is 10.9. The third-order valence-corrected chi connectivity index (χ3v) is 5.57. The van der Waals surface area contributed by atoms with Crippen molar-refractivity contribution in [1.29, 1.82) is 0 Å². The lowest BCUT2D eigenvalue weighted by Crippen LogP contribution is -1.93. The number of benzene rings is 2. The SMILES string of the molecule is c1ccc(-c2cc(Sc3ccc4ccccc4c3)cc(-c3ccccn3)n2)nc1. The van der Waals surface area contributed by atoms with E-state index in [9.17, 15) is 0 Å². The summed E-state index contributed by atoms with van der Waals surface area (Å²) in [5.41, 5.74) is 3.39. The van der Waals surface area contributed by atoms with Gasteiger partial charge in [-0.05, 0) is 59.3 Å². The molecule has 4 heteroatoms. The second kappa shape index (κ2) is 7.86. The zero-order valence-electron chi connectivity index (χ0n) is 15.6. The summed E-state index contributed by atoms with van der Waals surface area (Å²) >= 11 is 1.72. The average Bonchev–Trinajstić information content (AvgIpc) is 2.80. The number of hydrogen-bond acceptors (Lipinski definition) is 4. The molecular weight excluding hydrogens is 374 g/mol. The van der Waals surface area contributed by atoms with E-state index in [1.165, 1.54) is 15.7 Å². The second-order valence-corrected chi connectivity index (χ2v) is 7.76. The van der Waals surface area contributed by atoms with Gasteiger partial charge in [0.2, 0.25) is 0 Å². The molecule has 3 aromatic heterocycles. The van der Waals surface area contributed by atoms with Crippen molar-refractivity contribution in [2.24, 2.45) is 0 Å². The van der Waals surface area contributed by atoms with Crippen LogP contribution < -0.4 is 0 Å². The Labute approximate surface area is 173 Å². The Morgan fingerprint density at radius 1 is 0.483 bits per heavy atom. The predicted octanol–water partition coefficient (Wildman–Crippen LogP) is 6.51. The Hall–Kier alpha value is -3.50. The van der Waals surface area contributed by atoms with Crippen molar-refractivity contribution >= 4 is 22.5 Å². The van der Waals surface area contributed by atoms with Crippen LogP contribution in [0.2, 0.25) is 0 Å². The van der Waals surface area contributed by atoms with Gasteiger partial charge in [-0.25, -0.2) is 4.98 Å². The highest BCUT2D eigenvalue weighted by atomic mass is 32.2. The highest BCUT2D eigenvalue weighted by molar-refractivity contribution is 7.99. The van der Waals surface area contributed by atoms with E-state index >= 15 is 0 Å². The summed E-state index contributed by atoms with van der Waals surface area (Å²) in [6, 6.07) is 30.9. The Morgan fingerprint density at radius 2 is 1.10 bits per heavy atom. The lowest BCUT2D eigenvalue weighted by Gasteiger charge is -2.09. The number of rotatable bonds is 4. The Balaban J connectivity index is 1.59. The molecule has 2 aromatic carbocycles. The molecule has 0 saturated carbocycles. The summed E-state index contributed by atoms with van der Waals surface area (Å²) in [6.07, 6.45) is 3.58. The third kappa shape index (κ3) is 3.89. The Morgan fingerprint density at radius 3 is 1.72 bits per heavy atom. The lowest BCUT2D eigenvalue weighted by atomic mass is 10.1. The van der Waals surface area contributed by atoms with E-state index < -0.39 is 0 Å². The van der Waals surface area contributed by atoms with Crippen LogP contribution in [0.4, 0.5) is 0 Å². The van der Waals surface area contributed by atoms with Gasteiger partial charge in [0.15, 0.2) is 0 Å². The molecule has 0 saturated heterocycles. The topological polar surface area (TPSA) is 38.7 Å². The maximum atomic E-state index is 4.83. The third-order valence-electron chi connectivity index (χ3n) is 4.61. The van der Waals surface area contributed by atoms with Gasteiger partial charge in [0, 0.05) is 22.2 Å². The molecule has 5 rings (SSSR count). The molecule has 0 aliphatic heterocycles. The molecule has 3 nitrogen and oxygen atoms in total. The first kappa shape index (κ1) is 17.6. The molecule has 0 atom stereocenters. The largest absolute Gasteiger partial charge is 0.255 e. The van der Waals surface area contributed by atoms with Crippen molar-refractivity contribution < 1.29 is 0 Å². The van der Waals surface area contributed by atoms with E-state index in [0.29, 0.717) is 0 Å². The fraction of sp³-hybridized carbons (Fsp3) is 0. The number of nitrogens with zero attached hydrogens (tertiary/aromatic N) is 3. The van der Waals surface area contributed by atoms with E-state index in [0.717, 1.165) is 27.7 Å². The van der Waals surface area contributed by atoms with Crippen molar-refractivity contribution in [3.63, 3.8) is 0 Å². The molecule has 29 heavy (non-hydrogen) atoms. The van der Waals surface area contributed by atoms with Crippen LogP contribution in [0.1, 0.15) is 0 Å². The first-order valence-corrected chi connectivity index (χ1v) is 10.2.